The summed E-state index contributed by atoms with van der Waals surface area (Å²) in [4.78, 5) is 28.3. The van der Waals surface area contributed by atoms with Crippen LogP contribution in [0.3, 0.4) is 0 Å². The predicted molar refractivity (Wildman–Crippen MR) is 77.5 cm³/mol. The molecule has 20 heavy (non-hydrogen) atoms. The first kappa shape index (κ1) is 14.6. The second-order valence-corrected chi connectivity index (χ2v) is 5.42. The number of hydrogen-bond acceptors (Lipinski definition) is 2. The summed E-state index contributed by atoms with van der Waals surface area (Å²) in [5.74, 6) is 0.586. The molecule has 1 aromatic heterocycles. The SMILES string of the molecule is CCc1ccc(C(=O)N2CCC(CNC(C)=O)CC2)[nH]1. The van der Waals surface area contributed by atoms with Crippen molar-refractivity contribution in [3.05, 3.63) is 23.5 Å². The Morgan fingerprint density at radius 2 is 2.05 bits per heavy atom. The van der Waals surface area contributed by atoms with Gasteiger partial charge in [-0.15, -0.1) is 0 Å². The van der Waals surface area contributed by atoms with Gasteiger partial charge < -0.3 is 15.2 Å². The van der Waals surface area contributed by atoms with Crippen molar-refractivity contribution in [3.63, 3.8) is 0 Å². The van der Waals surface area contributed by atoms with Crippen molar-refractivity contribution in [2.24, 2.45) is 5.92 Å². The molecule has 2 rings (SSSR count). The zero-order chi connectivity index (χ0) is 14.5. The number of aromatic amines is 1. The van der Waals surface area contributed by atoms with Gasteiger partial charge in [-0.25, -0.2) is 0 Å². The van der Waals surface area contributed by atoms with Gasteiger partial charge in [0.1, 0.15) is 5.69 Å². The van der Waals surface area contributed by atoms with Crippen molar-refractivity contribution in [2.45, 2.75) is 33.1 Å². The molecule has 1 aliphatic heterocycles. The van der Waals surface area contributed by atoms with E-state index in [4.69, 9.17) is 0 Å². The summed E-state index contributed by atoms with van der Waals surface area (Å²) >= 11 is 0. The summed E-state index contributed by atoms with van der Waals surface area (Å²) in [5.41, 5.74) is 1.77. The van der Waals surface area contributed by atoms with E-state index in [-0.39, 0.29) is 11.8 Å². The van der Waals surface area contributed by atoms with E-state index in [1.165, 1.54) is 6.92 Å². The Labute approximate surface area is 119 Å². The zero-order valence-corrected chi connectivity index (χ0v) is 12.2. The standard InChI is InChI=1S/C15H23N3O2/c1-3-13-4-5-14(17-13)15(20)18-8-6-12(7-9-18)10-16-11(2)19/h4-5,12,17H,3,6-10H2,1-2H3,(H,16,19). The number of rotatable bonds is 4. The molecular weight excluding hydrogens is 254 g/mol. The monoisotopic (exact) mass is 277 g/mol. The third kappa shape index (κ3) is 3.62. The molecule has 0 radical (unpaired) electrons. The molecule has 0 unspecified atom stereocenters. The summed E-state index contributed by atoms with van der Waals surface area (Å²) in [7, 11) is 0. The van der Waals surface area contributed by atoms with Gasteiger partial charge in [-0.1, -0.05) is 6.92 Å². The topological polar surface area (TPSA) is 65.2 Å². The van der Waals surface area contributed by atoms with Gasteiger partial charge in [0.25, 0.3) is 5.91 Å². The number of carbonyl (C=O) groups is 2. The van der Waals surface area contributed by atoms with Gasteiger partial charge in [-0.2, -0.15) is 0 Å². The number of nitrogens with zero attached hydrogens (tertiary/aromatic N) is 1. The first-order chi connectivity index (χ1) is 9.60. The smallest absolute Gasteiger partial charge is 0.270 e. The summed E-state index contributed by atoms with van der Waals surface area (Å²) < 4.78 is 0. The van der Waals surface area contributed by atoms with E-state index in [0.29, 0.717) is 11.6 Å². The van der Waals surface area contributed by atoms with Crippen LogP contribution in [0.2, 0.25) is 0 Å². The number of hydrogen-bond donors (Lipinski definition) is 2. The minimum atomic E-state index is 0.0157. The van der Waals surface area contributed by atoms with Crippen LogP contribution in [0.5, 0.6) is 0 Å². The summed E-state index contributed by atoms with van der Waals surface area (Å²) in [6.45, 7) is 5.86. The molecule has 1 saturated heterocycles. The molecule has 0 spiro atoms. The second-order valence-electron chi connectivity index (χ2n) is 5.42. The lowest BCUT2D eigenvalue weighted by Gasteiger charge is -2.31. The molecule has 0 aliphatic carbocycles. The molecule has 1 aliphatic rings. The van der Waals surface area contributed by atoms with Gasteiger partial charge in [-0.3, -0.25) is 9.59 Å². The van der Waals surface area contributed by atoms with Crippen molar-refractivity contribution >= 4 is 11.8 Å². The Morgan fingerprint density at radius 3 is 2.60 bits per heavy atom. The number of H-pyrrole nitrogens is 1. The van der Waals surface area contributed by atoms with Gasteiger partial charge >= 0.3 is 0 Å². The molecule has 0 aromatic carbocycles. The van der Waals surface area contributed by atoms with Crippen LogP contribution in [0.15, 0.2) is 12.1 Å². The number of nitrogens with one attached hydrogen (secondary N) is 2. The van der Waals surface area contributed by atoms with Gasteiger partial charge in [0, 0.05) is 32.3 Å². The van der Waals surface area contributed by atoms with Gasteiger partial charge in [0.05, 0.1) is 0 Å². The highest BCUT2D eigenvalue weighted by Gasteiger charge is 2.24. The van der Waals surface area contributed by atoms with Gasteiger partial charge in [0.15, 0.2) is 0 Å². The van der Waals surface area contributed by atoms with Crippen molar-refractivity contribution in [1.82, 2.24) is 15.2 Å². The molecule has 0 atom stereocenters. The fraction of sp³-hybridized carbons (Fsp3) is 0.600. The highest BCUT2D eigenvalue weighted by Crippen LogP contribution is 2.18. The van der Waals surface area contributed by atoms with Crippen LogP contribution in [0.1, 0.15) is 42.9 Å². The lowest BCUT2D eigenvalue weighted by atomic mass is 9.96. The fourth-order valence-corrected chi connectivity index (χ4v) is 2.57. The normalized spacial score (nSPS) is 16.2. The minimum absolute atomic E-state index is 0.0157. The largest absolute Gasteiger partial charge is 0.356 e. The molecule has 2 amide bonds. The van der Waals surface area contributed by atoms with Gasteiger partial charge in [-0.05, 0) is 37.3 Å². The van der Waals surface area contributed by atoms with Crippen LogP contribution >= 0.6 is 0 Å². The highest BCUT2D eigenvalue weighted by molar-refractivity contribution is 5.92. The predicted octanol–water partition coefficient (Wildman–Crippen LogP) is 1.57. The van der Waals surface area contributed by atoms with Crippen LogP contribution in [0.4, 0.5) is 0 Å². The lowest BCUT2D eigenvalue weighted by molar-refractivity contribution is -0.119. The van der Waals surface area contributed by atoms with E-state index in [9.17, 15) is 9.59 Å². The molecule has 5 nitrogen and oxygen atoms in total. The van der Waals surface area contributed by atoms with Crippen molar-refractivity contribution < 1.29 is 9.59 Å². The molecule has 0 saturated carbocycles. The van der Waals surface area contributed by atoms with E-state index in [0.717, 1.165) is 44.6 Å². The van der Waals surface area contributed by atoms with Crippen LogP contribution in [-0.4, -0.2) is 41.3 Å². The van der Waals surface area contributed by atoms with E-state index in [1.54, 1.807) is 0 Å². The number of carbonyl (C=O) groups excluding carboxylic acids is 2. The Balaban J connectivity index is 1.84. The quantitative estimate of drug-likeness (QED) is 0.877. The molecular formula is C15H23N3O2. The average Bonchev–Trinajstić information content (AvgIpc) is 2.94. The summed E-state index contributed by atoms with van der Waals surface area (Å²) in [6, 6.07) is 3.83. The molecule has 5 heteroatoms. The van der Waals surface area contributed by atoms with Crippen molar-refractivity contribution in [2.75, 3.05) is 19.6 Å². The average molecular weight is 277 g/mol. The zero-order valence-electron chi connectivity index (χ0n) is 12.2. The fourth-order valence-electron chi connectivity index (χ4n) is 2.57. The van der Waals surface area contributed by atoms with E-state index in [2.05, 4.69) is 17.2 Å². The maximum Gasteiger partial charge on any atom is 0.270 e. The van der Waals surface area contributed by atoms with E-state index < -0.39 is 0 Å². The van der Waals surface area contributed by atoms with E-state index in [1.807, 2.05) is 17.0 Å². The van der Waals surface area contributed by atoms with Crippen LogP contribution in [0.25, 0.3) is 0 Å². The molecule has 110 valence electrons. The Kier molecular flexibility index (Phi) is 4.82. The second kappa shape index (κ2) is 6.59. The number of amides is 2. The number of aryl methyl sites for hydroxylation is 1. The van der Waals surface area contributed by atoms with Crippen molar-refractivity contribution in [3.8, 4) is 0 Å². The molecule has 0 bridgehead atoms. The summed E-state index contributed by atoms with van der Waals surface area (Å²) in [5, 5.41) is 2.85. The third-order valence-corrected chi connectivity index (χ3v) is 3.90. The third-order valence-electron chi connectivity index (χ3n) is 3.90. The molecule has 2 N–H and O–H groups in total. The number of piperidine rings is 1. The van der Waals surface area contributed by atoms with Crippen LogP contribution in [0, 0.1) is 5.92 Å². The van der Waals surface area contributed by atoms with E-state index >= 15 is 0 Å². The number of likely N-dealkylation sites (tertiary alicyclic amines) is 1. The Morgan fingerprint density at radius 1 is 1.35 bits per heavy atom. The molecule has 2 heterocycles. The molecule has 1 aromatic rings. The van der Waals surface area contributed by atoms with Crippen molar-refractivity contribution in [1.29, 1.82) is 0 Å². The summed E-state index contributed by atoms with van der Waals surface area (Å²) in [6.07, 6.45) is 2.81. The highest BCUT2D eigenvalue weighted by atomic mass is 16.2. The maximum atomic E-state index is 12.3. The lowest BCUT2D eigenvalue weighted by Crippen LogP contribution is -2.41. The van der Waals surface area contributed by atoms with Crippen LogP contribution in [-0.2, 0) is 11.2 Å². The minimum Gasteiger partial charge on any atom is -0.356 e. The first-order valence-electron chi connectivity index (χ1n) is 7.31. The number of aromatic nitrogens is 1. The van der Waals surface area contributed by atoms with Crippen LogP contribution < -0.4 is 5.32 Å². The Bertz CT molecular complexity index is 473. The Hall–Kier alpha value is -1.78. The maximum absolute atomic E-state index is 12.3. The van der Waals surface area contributed by atoms with Gasteiger partial charge in [0.2, 0.25) is 5.91 Å². The molecule has 1 fully saturated rings. The first-order valence-corrected chi connectivity index (χ1v) is 7.31.